The van der Waals surface area contributed by atoms with E-state index >= 15 is 0 Å². The Labute approximate surface area is 112 Å². The van der Waals surface area contributed by atoms with Crippen LogP contribution in [0.1, 0.15) is 31.5 Å². The van der Waals surface area contributed by atoms with Gasteiger partial charge in [-0.05, 0) is 18.5 Å². The number of hydrogen-bond acceptors (Lipinski definition) is 4. The second-order valence-corrected chi connectivity index (χ2v) is 4.50. The summed E-state index contributed by atoms with van der Waals surface area (Å²) in [5.74, 6) is -1.92. The standard InChI is InChI=1S/C13H13N3O3/c14-9-3-1-2-7-8(9)6-16(13(7)19)10-4-5-11(17)15-12(10)18/h1-3,10H,4-6,14H2,(H,15,17,18)/i4D2. The quantitative estimate of drug-likeness (QED) is 0.551. The highest BCUT2D eigenvalue weighted by Crippen LogP contribution is 2.30. The van der Waals surface area contributed by atoms with Crippen LogP contribution in [0.25, 0.3) is 0 Å². The van der Waals surface area contributed by atoms with Crippen molar-refractivity contribution < 1.29 is 17.1 Å². The van der Waals surface area contributed by atoms with Crippen LogP contribution < -0.4 is 11.1 Å². The van der Waals surface area contributed by atoms with E-state index in [2.05, 4.69) is 5.32 Å². The van der Waals surface area contributed by atoms with Crippen LogP contribution >= 0.6 is 0 Å². The number of carbonyl (C=O) groups is 3. The highest BCUT2D eigenvalue weighted by molar-refractivity contribution is 6.06. The molecule has 0 radical (unpaired) electrons. The average Bonchev–Trinajstić information content (AvgIpc) is 2.67. The fraction of sp³-hybridized carbons (Fsp3) is 0.308. The van der Waals surface area contributed by atoms with Gasteiger partial charge in [0, 0.05) is 32.5 Å². The molecule has 2 heterocycles. The third-order valence-corrected chi connectivity index (χ3v) is 3.31. The summed E-state index contributed by atoms with van der Waals surface area (Å²) in [6.45, 7) is 0.0621. The van der Waals surface area contributed by atoms with Crippen LogP contribution in [0.5, 0.6) is 0 Å². The van der Waals surface area contributed by atoms with E-state index in [0.29, 0.717) is 16.8 Å². The summed E-state index contributed by atoms with van der Waals surface area (Å²) in [7, 11) is 0. The molecule has 3 amide bonds. The Morgan fingerprint density at radius 2 is 2.16 bits per heavy atom. The van der Waals surface area contributed by atoms with Crippen LogP contribution in [-0.4, -0.2) is 28.7 Å². The molecule has 0 bridgehead atoms. The third kappa shape index (κ3) is 1.76. The monoisotopic (exact) mass is 261 g/mol. The first kappa shape index (κ1) is 9.55. The summed E-state index contributed by atoms with van der Waals surface area (Å²) in [4.78, 5) is 36.8. The second-order valence-electron chi connectivity index (χ2n) is 4.50. The lowest BCUT2D eigenvalue weighted by Crippen LogP contribution is -2.52. The summed E-state index contributed by atoms with van der Waals surface area (Å²) in [6, 6.07) is 3.54. The first-order valence-electron chi connectivity index (χ1n) is 6.83. The van der Waals surface area contributed by atoms with Crippen molar-refractivity contribution in [1.82, 2.24) is 10.2 Å². The molecule has 1 unspecified atom stereocenters. The molecule has 1 saturated heterocycles. The maximum atomic E-state index is 12.4. The SMILES string of the molecule is [2H]C1([2H])CC(=O)NC(=O)C1N1Cc2c(N)cccc2C1=O. The molecule has 1 atom stereocenters. The zero-order valence-corrected chi connectivity index (χ0v) is 9.97. The number of imide groups is 1. The van der Waals surface area contributed by atoms with Crippen molar-refractivity contribution in [3.05, 3.63) is 29.3 Å². The minimum atomic E-state index is -2.11. The minimum Gasteiger partial charge on any atom is -0.398 e. The van der Waals surface area contributed by atoms with Gasteiger partial charge in [0.15, 0.2) is 0 Å². The van der Waals surface area contributed by atoms with Crippen molar-refractivity contribution in [3.63, 3.8) is 0 Å². The molecule has 0 aliphatic carbocycles. The smallest absolute Gasteiger partial charge is 0.255 e. The number of amides is 3. The zero-order valence-electron chi connectivity index (χ0n) is 12.0. The largest absolute Gasteiger partial charge is 0.398 e. The number of hydrogen-bond donors (Lipinski definition) is 2. The number of nitrogens with two attached hydrogens (primary N) is 1. The Morgan fingerprint density at radius 1 is 1.37 bits per heavy atom. The number of nitrogens with one attached hydrogen (secondary N) is 1. The molecule has 1 fully saturated rings. The van der Waals surface area contributed by atoms with Gasteiger partial charge in [-0.15, -0.1) is 0 Å². The van der Waals surface area contributed by atoms with E-state index in [4.69, 9.17) is 8.48 Å². The van der Waals surface area contributed by atoms with E-state index in [0.717, 1.165) is 4.90 Å². The summed E-state index contributed by atoms with van der Waals surface area (Å²) in [6.07, 6.45) is -2.56. The maximum Gasteiger partial charge on any atom is 0.255 e. The molecule has 19 heavy (non-hydrogen) atoms. The van der Waals surface area contributed by atoms with E-state index in [1.165, 1.54) is 0 Å². The van der Waals surface area contributed by atoms with Crippen LogP contribution in [-0.2, 0) is 16.1 Å². The Hall–Kier alpha value is -2.37. The van der Waals surface area contributed by atoms with E-state index in [9.17, 15) is 14.4 Å². The van der Waals surface area contributed by atoms with Crippen LogP contribution in [0.4, 0.5) is 5.69 Å². The summed E-state index contributed by atoms with van der Waals surface area (Å²) < 4.78 is 15.8. The topological polar surface area (TPSA) is 92.5 Å². The van der Waals surface area contributed by atoms with E-state index in [-0.39, 0.29) is 6.54 Å². The molecule has 2 aliphatic rings. The highest BCUT2D eigenvalue weighted by Gasteiger charge is 2.39. The first-order chi connectivity index (χ1) is 9.81. The molecule has 98 valence electrons. The van der Waals surface area contributed by atoms with Crippen molar-refractivity contribution in [2.24, 2.45) is 0 Å². The molecular weight excluding hydrogens is 246 g/mol. The molecule has 0 aromatic heterocycles. The lowest BCUT2D eigenvalue weighted by Gasteiger charge is -2.29. The van der Waals surface area contributed by atoms with Crippen molar-refractivity contribution in [1.29, 1.82) is 0 Å². The van der Waals surface area contributed by atoms with Gasteiger partial charge in [0.1, 0.15) is 6.04 Å². The van der Waals surface area contributed by atoms with E-state index in [1.54, 1.807) is 18.2 Å². The number of benzene rings is 1. The number of nitrogen functional groups attached to an aromatic ring is 1. The number of nitrogens with zero attached hydrogens (tertiary/aromatic N) is 1. The number of carbonyl (C=O) groups excluding carboxylic acids is 3. The molecule has 0 spiro atoms. The molecule has 6 nitrogen and oxygen atoms in total. The van der Waals surface area contributed by atoms with Gasteiger partial charge in [-0.1, -0.05) is 6.07 Å². The summed E-state index contributed by atoms with van der Waals surface area (Å²) in [5, 5.41) is 2.08. The third-order valence-electron chi connectivity index (χ3n) is 3.31. The first-order valence-corrected chi connectivity index (χ1v) is 5.83. The van der Waals surface area contributed by atoms with E-state index in [1.807, 2.05) is 0 Å². The summed E-state index contributed by atoms with van der Waals surface area (Å²) in [5.41, 5.74) is 7.21. The second kappa shape index (κ2) is 4.08. The Balaban J connectivity index is 1.99. The van der Waals surface area contributed by atoms with Gasteiger partial charge >= 0.3 is 0 Å². The number of fused-ring (bicyclic) bond motifs is 1. The highest BCUT2D eigenvalue weighted by atomic mass is 16.2. The fourth-order valence-electron chi connectivity index (χ4n) is 2.37. The molecule has 2 aliphatic heterocycles. The molecule has 0 saturated carbocycles. The Morgan fingerprint density at radius 3 is 2.84 bits per heavy atom. The summed E-state index contributed by atoms with van der Waals surface area (Å²) >= 11 is 0. The van der Waals surface area contributed by atoms with Gasteiger partial charge in [-0.2, -0.15) is 0 Å². The Kier molecular flexibility index (Phi) is 2.05. The molecule has 6 heteroatoms. The van der Waals surface area contributed by atoms with Crippen molar-refractivity contribution in [3.8, 4) is 0 Å². The molecular formula is C13H13N3O3. The number of anilines is 1. The van der Waals surface area contributed by atoms with E-state index < -0.39 is 36.6 Å². The van der Waals surface area contributed by atoms with Crippen LogP contribution in [0, 0.1) is 0 Å². The normalized spacial score (nSPS) is 26.6. The maximum absolute atomic E-state index is 12.4. The number of piperidine rings is 1. The molecule has 1 aromatic carbocycles. The van der Waals surface area contributed by atoms with Gasteiger partial charge in [0.05, 0.1) is 0 Å². The van der Waals surface area contributed by atoms with Gasteiger partial charge < -0.3 is 10.6 Å². The molecule has 3 N–H and O–H groups in total. The predicted octanol–water partition coefficient (Wildman–Crippen LogP) is 0.0298. The predicted molar refractivity (Wildman–Crippen MR) is 66.9 cm³/mol. The van der Waals surface area contributed by atoms with Gasteiger partial charge in [0.25, 0.3) is 5.91 Å². The average molecular weight is 261 g/mol. The zero-order chi connectivity index (χ0) is 15.4. The van der Waals surface area contributed by atoms with Crippen molar-refractivity contribution in [2.45, 2.75) is 25.4 Å². The molecule has 3 rings (SSSR count). The number of rotatable bonds is 1. The Bertz CT molecular complexity index is 675. The van der Waals surface area contributed by atoms with Gasteiger partial charge in [-0.25, -0.2) is 0 Å². The van der Waals surface area contributed by atoms with Crippen LogP contribution in [0.2, 0.25) is 0 Å². The van der Waals surface area contributed by atoms with Crippen molar-refractivity contribution in [2.75, 3.05) is 5.73 Å². The van der Waals surface area contributed by atoms with Gasteiger partial charge in [0.2, 0.25) is 11.8 Å². The van der Waals surface area contributed by atoms with Crippen LogP contribution in [0.15, 0.2) is 18.2 Å². The minimum absolute atomic E-state index is 0.0621. The lowest BCUT2D eigenvalue weighted by atomic mass is 10.0. The van der Waals surface area contributed by atoms with Gasteiger partial charge in [-0.3, -0.25) is 19.7 Å². The fourth-order valence-corrected chi connectivity index (χ4v) is 2.37. The van der Waals surface area contributed by atoms with Crippen LogP contribution in [0.3, 0.4) is 0 Å². The lowest BCUT2D eigenvalue weighted by molar-refractivity contribution is -0.136. The van der Waals surface area contributed by atoms with Crippen molar-refractivity contribution >= 4 is 23.4 Å². The molecule has 1 aromatic rings.